The second-order valence-electron chi connectivity index (χ2n) is 11.0. The predicted molar refractivity (Wildman–Crippen MR) is 171 cm³/mol. The number of morpholine rings is 1. The van der Waals surface area contributed by atoms with Crippen molar-refractivity contribution in [2.45, 2.75) is 13.0 Å². The monoisotopic (exact) mass is 594 g/mol. The van der Waals surface area contributed by atoms with Gasteiger partial charge < -0.3 is 25.2 Å². The zero-order valence-corrected chi connectivity index (χ0v) is 24.8. The molecule has 6 rings (SSSR count). The molecular formula is C34H38N6O4. The van der Waals surface area contributed by atoms with Gasteiger partial charge in [0.1, 0.15) is 5.69 Å². The lowest BCUT2D eigenvalue weighted by atomic mass is 10.1. The van der Waals surface area contributed by atoms with Gasteiger partial charge in [0.15, 0.2) is 0 Å². The van der Waals surface area contributed by atoms with Crippen molar-refractivity contribution in [3.63, 3.8) is 0 Å². The van der Waals surface area contributed by atoms with Crippen LogP contribution in [-0.4, -0.2) is 84.9 Å². The SMILES string of the molecule is O=C(NCCCn1c(C(=O)N2CCNCC2)c(-c2ccccc2)n(-c2cccc(N3CCOCC3)c2)c1=O)c1ccccc1. The Morgan fingerprint density at radius 3 is 2.23 bits per heavy atom. The minimum atomic E-state index is -0.282. The van der Waals surface area contributed by atoms with Gasteiger partial charge in [-0.25, -0.2) is 4.79 Å². The van der Waals surface area contributed by atoms with Crippen LogP contribution in [0.2, 0.25) is 0 Å². The summed E-state index contributed by atoms with van der Waals surface area (Å²) in [6.45, 7) is 6.00. The molecule has 2 N–H and O–H groups in total. The minimum absolute atomic E-state index is 0.168. The number of aromatic nitrogens is 2. The van der Waals surface area contributed by atoms with Crippen molar-refractivity contribution in [3.8, 4) is 16.9 Å². The number of amides is 2. The van der Waals surface area contributed by atoms with E-state index < -0.39 is 0 Å². The number of anilines is 1. The molecule has 3 aromatic carbocycles. The van der Waals surface area contributed by atoms with Crippen molar-refractivity contribution in [3.05, 3.63) is 107 Å². The Morgan fingerprint density at radius 2 is 1.50 bits per heavy atom. The highest BCUT2D eigenvalue weighted by Crippen LogP contribution is 2.29. The number of nitrogens with zero attached hydrogens (tertiary/aromatic N) is 4. The van der Waals surface area contributed by atoms with Crippen molar-refractivity contribution >= 4 is 17.5 Å². The Kier molecular flexibility index (Phi) is 9.19. The first-order chi connectivity index (χ1) is 21.6. The average molecular weight is 595 g/mol. The molecule has 10 nitrogen and oxygen atoms in total. The zero-order valence-electron chi connectivity index (χ0n) is 24.8. The largest absolute Gasteiger partial charge is 0.378 e. The number of ether oxygens (including phenoxy) is 1. The second-order valence-corrected chi connectivity index (χ2v) is 11.0. The smallest absolute Gasteiger partial charge is 0.333 e. The van der Waals surface area contributed by atoms with Gasteiger partial charge in [-0.2, -0.15) is 0 Å². The van der Waals surface area contributed by atoms with Crippen LogP contribution in [0.1, 0.15) is 27.3 Å². The Bertz CT molecular complexity index is 1640. The molecule has 0 aliphatic carbocycles. The molecule has 0 saturated carbocycles. The summed E-state index contributed by atoms with van der Waals surface area (Å²) < 4.78 is 8.83. The van der Waals surface area contributed by atoms with E-state index >= 15 is 0 Å². The minimum Gasteiger partial charge on any atom is -0.378 e. The maximum Gasteiger partial charge on any atom is 0.333 e. The summed E-state index contributed by atoms with van der Waals surface area (Å²) in [7, 11) is 0. The van der Waals surface area contributed by atoms with Crippen LogP contribution in [-0.2, 0) is 11.3 Å². The maximum absolute atomic E-state index is 14.4. The van der Waals surface area contributed by atoms with Gasteiger partial charge in [-0.05, 0) is 36.8 Å². The fourth-order valence-corrected chi connectivity index (χ4v) is 5.87. The van der Waals surface area contributed by atoms with E-state index in [1.807, 2.05) is 77.7 Å². The molecule has 0 spiro atoms. The fourth-order valence-electron chi connectivity index (χ4n) is 5.87. The normalized spacial score (nSPS) is 15.3. The number of rotatable bonds is 9. The molecule has 2 amide bonds. The number of carbonyl (C=O) groups is 2. The van der Waals surface area contributed by atoms with Crippen molar-refractivity contribution in [1.29, 1.82) is 0 Å². The van der Waals surface area contributed by atoms with Crippen LogP contribution in [0.5, 0.6) is 0 Å². The third-order valence-corrected chi connectivity index (χ3v) is 8.14. The van der Waals surface area contributed by atoms with Gasteiger partial charge in [0.05, 0.1) is 24.6 Å². The maximum atomic E-state index is 14.4. The lowest BCUT2D eigenvalue weighted by Gasteiger charge is -2.29. The number of imidazole rings is 1. The van der Waals surface area contributed by atoms with Crippen LogP contribution >= 0.6 is 0 Å². The number of carbonyl (C=O) groups excluding carboxylic acids is 2. The molecule has 0 atom stereocenters. The molecule has 2 aliphatic heterocycles. The zero-order chi connectivity index (χ0) is 30.3. The summed E-state index contributed by atoms with van der Waals surface area (Å²) in [5.74, 6) is -0.337. The molecule has 4 aromatic rings. The Hall–Kier alpha value is -4.67. The quantitative estimate of drug-likeness (QED) is 0.289. The van der Waals surface area contributed by atoms with E-state index in [0.717, 1.165) is 24.3 Å². The summed E-state index contributed by atoms with van der Waals surface area (Å²) in [5, 5.41) is 6.26. The lowest BCUT2D eigenvalue weighted by Crippen LogP contribution is -2.47. The van der Waals surface area contributed by atoms with E-state index in [1.54, 1.807) is 21.3 Å². The summed E-state index contributed by atoms with van der Waals surface area (Å²) >= 11 is 0. The summed E-state index contributed by atoms with van der Waals surface area (Å²) in [4.78, 5) is 45.4. The first kappa shape index (κ1) is 29.4. The summed E-state index contributed by atoms with van der Waals surface area (Å²) in [5.41, 5.74) is 3.73. The number of piperazine rings is 1. The molecular weight excluding hydrogens is 556 g/mol. The van der Waals surface area contributed by atoms with Crippen molar-refractivity contribution in [2.24, 2.45) is 0 Å². The fraction of sp³-hybridized carbons (Fsp3) is 0.324. The van der Waals surface area contributed by atoms with E-state index in [0.29, 0.717) is 75.0 Å². The predicted octanol–water partition coefficient (Wildman–Crippen LogP) is 3.01. The van der Waals surface area contributed by atoms with Gasteiger partial charge in [0.2, 0.25) is 0 Å². The van der Waals surface area contributed by atoms with Crippen LogP contribution in [0.15, 0.2) is 89.7 Å². The van der Waals surface area contributed by atoms with Crippen LogP contribution in [0, 0.1) is 0 Å². The third-order valence-electron chi connectivity index (χ3n) is 8.14. The molecule has 2 aliphatic rings. The molecule has 2 saturated heterocycles. The van der Waals surface area contributed by atoms with Gasteiger partial charge >= 0.3 is 5.69 Å². The van der Waals surface area contributed by atoms with Gasteiger partial charge in [-0.15, -0.1) is 0 Å². The Morgan fingerprint density at radius 1 is 0.818 bits per heavy atom. The molecule has 44 heavy (non-hydrogen) atoms. The number of benzene rings is 3. The van der Waals surface area contributed by atoms with Gasteiger partial charge in [-0.3, -0.25) is 18.7 Å². The van der Waals surface area contributed by atoms with Crippen LogP contribution < -0.4 is 21.2 Å². The number of hydrogen-bond acceptors (Lipinski definition) is 6. The molecule has 2 fully saturated rings. The van der Waals surface area contributed by atoms with Gasteiger partial charge in [-0.1, -0.05) is 54.6 Å². The average Bonchev–Trinajstić information content (AvgIpc) is 3.39. The molecule has 0 radical (unpaired) electrons. The topological polar surface area (TPSA) is 101 Å². The van der Waals surface area contributed by atoms with E-state index in [-0.39, 0.29) is 24.0 Å². The highest BCUT2D eigenvalue weighted by molar-refractivity contribution is 5.99. The molecule has 1 aromatic heterocycles. The highest BCUT2D eigenvalue weighted by atomic mass is 16.5. The third kappa shape index (κ3) is 6.31. The van der Waals surface area contributed by atoms with Crippen molar-refractivity contribution in [2.75, 3.05) is 63.9 Å². The first-order valence-electron chi connectivity index (χ1n) is 15.3. The summed E-state index contributed by atoms with van der Waals surface area (Å²) in [6.07, 6.45) is 0.479. The molecule has 228 valence electrons. The van der Waals surface area contributed by atoms with E-state index in [4.69, 9.17) is 4.74 Å². The van der Waals surface area contributed by atoms with Crippen LogP contribution in [0.25, 0.3) is 16.9 Å². The Balaban J connectivity index is 1.40. The van der Waals surface area contributed by atoms with Crippen LogP contribution in [0.4, 0.5) is 5.69 Å². The standard InChI is InChI=1S/C34H38N6O4/c41-32(27-11-5-2-6-12-27)36-15-8-18-39-31(33(42)38-19-16-35-17-20-38)30(26-9-3-1-4-10-26)40(34(39)43)29-14-7-13-28(25-29)37-21-23-44-24-22-37/h1-7,9-14,25,35H,8,15-24H2,(H,36,41). The van der Waals surface area contributed by atoms with E-state index in [1.165, 1.54) is 0 Å². The summed E-state index contributed by atoms with van der Waals surface area (Å²) in [6, 6.07) is 26.6. The van der Waals surface area contributed by atoms with Gasteiger partial charge in [0.25, 0.3) is 11.8 Å². The van der Waals surface area contributed by atoms with Crippen LogP contribution in [0.3, 0.4) is 0 Å². The second kappa shape index (κ2) is 13.7. The number of hydrogen-bond donors (Lipinski definition) is 2. The molecule has 0 unspecified atom stereocenters. The first-order valence-corrected chi connectivity index (χ1v) is 15.3. The molecule has 10 heteroatoms. The number of nitrogens with one attached hydrogen (secondary N) is 2. The van der Waals surface area contributed by atoms with E-state index in [9.17, 15) is 14.4 Å². The Labute approximate surface area is 256 Å². The van der Waals surface area contributed by atoms with Crippen molar-refractivity contribution < 1.29 is 14.3 Å². The van der Waals surface area contributed by atoms with Crippen molar-refractivity contribution in [1.82, 2.24) is 24.7 Å². The highest BCUT2D eigenvalue weighted by Gasteiger charge is 2.31. The molecule has 0 bridgehead atoms. The van der Waals surface area contributed by atoms with E-state index in [2.05, 4.69) is 15.5 Å². The lowest BCUT2D eigenvalue weighted by molar-refractivity contribution is 0.0724. The molecule has 3 heterocycles. The van der Waals surface area contributed by atoms with Gasteiger partial charge in [0, 0.05) is 69.2 Å².